The van der Waals surface area contributed by atoms with Gasteiger partial charge < -0.3 is 10.0 Å². The van der Waals surface area contributed by atoms with Gasteiger partial charge in [0.25, 0.3) is 0 Å². The fourth-order valence-electron chi connectivity index (χ4n) is 3.30. The van der Waals surface area contributed by atoms with Crippen LogP contribution in [-0.4, -0.2) is 39.3 Å². The molecule has 92 valence electrons. The van der Waals surface area contributed by atoms with Gasteiger partial charge in [0.1, 0.15) is 5.60 Å². The summed E-state index contributed by atoms with van der Waals surface area (Å²) in [6, 6.07) is 4.86. The van der Waals surface area contributed by atoms with Crippen molar-refractivity contribution >= 4 is 0 Å². The monoisotopic (exact) mass is 233 g/mol. The van der Waals surface area contributed by atoms with E-state index in [4.69, 9.17) is 0 Å². The van der Waals surface area contributed by atoms with Crippen LogP contribution in [0, 0.1) is 6.92 Å². The van der Waals surface area contributed by atoms with Gasteiger partial charge in [-0.3, -0.25) is 0 Å². The average Bonchev–Trinajstić information content (AvgIpc) is 2.53. The fraction of sp³-hybridized carbons (Fsp3) is 0.692. The van der Waals surface area contributed by atoms with Crippen molar-refractivity contribution in [3.63, 3.8) is 0 Å². The lowest BCUT2D eigenvalue weighted by atomic mass is 9.83. The van der Waals surface area contributed by atoms with E-state index in [0.29, 0.717) is 12.1 Å². The first-order valence-electron chi connectivity index (χ1n) is 6.34. The first-order chi connectivity index (χ1) is 8.08. The molecule has 2 aliphatic heterocycles. The summed E-state index contributed by atoms with van der Waals surface area (Å²) in [6.45, 7) is 1.92. The molecule has 1 N–H and O–H groups in total. The summed E-state index contributed by atoms with van der Waals surface area (Å²) in [7, 11) is 2.17. The topological polar surface area (TPSA) is 49.2 Å². The van der Waals surface area contributed by atoms with Gasteiger partial charge >= 0.3 is 0 Å². The lowest BCUT2D eigenvalue weighted by molar-refractivity contribution is -0.0529. The Morgan fingerprint density at radius 3 is 2.41 bits per heavy atom. The van der Waals surface area contributed by atoms with Crippen LogP contribution < -0.4 is 0 Å². The van der Waals surface area contributed by atoms with Crippen LogP contribution in [-0.2, 0) is 5.60 Å². The van der Waals surface area contributed by atoms with E-state index in [9.17, 15) is 5.11 Å². The number of nitrogens with zero attached hydrogens (tertiary/aromatic N) is 3. The van der Waals surface area contributed by atoms with Gasteiger partial charge in [0, 0.05) is 12.1 Å². The van der Waals surface area contributed by atoms with Crippen molar-refractivity contribution in [2.24, 2.45) is 0 Å². The third-order valence-electron chi connectivity index (χ3n) is 4.41. The second-order valence-corrected chi connectivity index (χ2v) is 5.55. The highest BCUT2D eigenvalue weighted by atomic mass is 16.3. The molecule has 0 radical (unpaired) electrons. The van der Waals surface area contributed by atoms with Gasteiger partial charge in [-0.25, -0.2) is 0 Å². The lowest BCUT2D eigenvalue weighted by Crippen LogP contribution is -2.48. The zero-order valence-electron chi connectivity index (χ0n) is 10.4. The third kappa shape index (κ3) is 1.76. The van der Waals surface area contributed by atoms with Gasteiger partial charge in [0.2, 0.25) is 0 Å². The molecular formula is C13H19N3O. The minimum Gasteiger partial charge on any atom is -0.383 e. The molecule has 0 aromatic carbocycles. The van der Waals surface area contributed by atoms with E-state index < -0.39 is 5.60 Å². The summed E-state index contributed by atoms with van der Waals surface area (Å²) < 4.78 is 0. The second-order valence-electron chi connectivity index (χ2n) is 5.55. The van der Waals surface area contributed by atoms with Crippen LogP contribution in [0.5, 0.6) is 0 Å². The van der Waals surface area contributed by atoms with Crippen molar-refractivity contribution in [1.82, 2.24) is 15.1 Å². The van der Waals surface area contributed by atoms with E-state index in [0.717, 1.165) is 24.2 Å². The molecule has 0 saturated carbocycles. The molecule has 2 fully saturated rings. The second kappa shape index (κ2) is 3.75. The van der Waals surface area contributed by atoms with Crippen molar-refractivity contribution in [1.29, 1.82) is 0 Å². The quantitative estimate of drug-likeness (QED) is 0.792. The van der Waals surface area contributed by atoms with E-state index in [2.05, 4.69) is 22.1 Å². The van der Waals surface area contributed by atoms with Crippen LogP contribution in [0.15, 0.2) is 12.1 Å². The van der Waals surface area contributed by atoms with Crippen LogP contribution in [0.2, 0.25) is 0 Å². The van der Waals surface area contributed by atoms with Gasteiger partial charge in [-0.05, 0) is 51.8 Å². The molecule has 1 aromatic rings. The van der Waals surface area contributed by atoms with Gasteiger partial charge in [-0.15, -0.1) is 0 Å². The molecule has 2 atom stereocenters. The highest BCUT2D eigenvalue weighted by molar-refractivity contribution is 5.17. The summed E-state index contributed by atoms with van der Waals surface area (Å²) in [6.07, 6.45) is 3.97. The smallest absolute Gasteiger partial charge is 0.111 e. The van der Waals surface area contributed by atoms with Crippen LogP contribution in [0.25, 0.3) is 0 Å². The van der Waals surface area contributed by atoms with Gasteiger partial charge in [-0.1, -0.05) is 0 Å². The Morgan fingerprint density at radius 1 is 1.24 bits per heavy atom. The molecule has 3 rings (SSSR count). The van der Waals surface area contributed by atoms with E-state index in [-0.39, 0.29) is 0 Å². The first-order valence-corrected chi connectivity index (χ1v) is 6.34. The molecule has 0 spiro atoms. The number of aryl methyl sites for hydroxylation is 1. The van der Waals surface area contributed by atoms with Crippen LogP contribution in [0.4, 0.5) is 0 Å². The van der Waals surface area contributed by atoms with Crippen molar-refractivity contribution in [3.05, 3.63) is 23.5 Å². The summed E-state index contributed by atoms with van der Waals surface area (Å²) in [5, 5.41) is 19.0. The van der Waals surface area contributed by atoms with Crippen LogP contribution >= 0.6 is 0 Å². The molecule has 4 heteroatoms. The van der Waals surface area contributed by atoms with E-state index in [1.165, 1.54) is 12.8 Å². The molecule has 3 heterocycles. The van der Waals surface area contributed by atoms with Crippen molar-refractivity contribution in [2.45, 2.75) is 50.3 Å². The maximum Gasteiger partial charge on any atom is 0.111 e. The van der Waals surface area contributed by atoms with E-state index >= 15 is 0 Å². The molecule has 0 aliphatic carbocycles. The van der Waals surface area contributed by atoms with Gasteiger partial charge in [0.05, 0.1) is 11.4 Å². The highest BCUT2D eigenvalue weighted by Gasteiger charge is 2.47. The van der Waals surface area contributed by atoms with Crippen molar-refractivity contribution < 1.29 is 5.11 Å². The highest BCUT2D eigenvalue weighted by Crippen LogP contribution is 2.44. The van der Waals surface area contributed by atoms with Crippen LogP contribution in [0.1, 0.15) is 37.1 Å². The number of aliphatic hydroxyl groups is 1. The molecule has 0 amide bonds. The minimum atomic E-state index is -0.765. The maximum absolute atomic E-state index is 10.8. The number of hydrogen-bond acceptors (Lipinski definition) is 4. The molecule has 2 bridgehead atoms. The normalized spacial score (nSPS) is 37.4. The van der Waals surface area contributed by atoms with Gasteiger partial charge in [-0.2, -0.15) is 10.2 Å². The average molecular weight is 233 g/mol. The SMILES string of the molecule is Cc1ccc(C2(O)CC3CCC(C2)N3C)nn1. The van der Waals surface area contributed by atoms with Crippen molar-refractivity contribution in [2.75, 3.05) is 7.05 Å². The first kappa shape index (κ1) is 11.1. The molecule has 4 nitrogen and oxygen atoms in total. The maximum atomic E-state index is 10.8. The number of piperidine rings is 1. The van der Waals surface area contributed by atoms with Crippen molar-refractivity contribution in [3.8, 4) is 0 Å². The Balaban J connectivity index is 1.90. The Hall–Kier alpha value is -1.00. The summed E-state index contributed by atoms with van der Waals surface area (Å²) in [4.78, 5) is 2.41. The Bertz CT molecular complexity index is 403. The summed E-state index contributed by atoms with van der Waals surface area (Å²) in [5.41, 5.74) is 0.875. The molecule has 2 unspecified atom stereocenters. The zero-order chi connectivity index (χ0) is 12.0. The zero-order valence-corrected chi connectivity index (χ0v) is 10.4. The minimum absolute atomic E-state index is 0.502. The van der Waals surface area contributed by atoms with Crippen LogP contribution in [0.3, 0.4) is 0 Å². The number of hydrogen-bond donors (Lipinski definition) is 1. The largest absolute Gasteiger partial charge is 0.383 e. The Kier molecular flexibility index (Phi) is 2.45. The molecule has 17 heavy (non-hydrogen) atoms. The predicted octanol–water partition coefficient (Wildman–Crippen LogP) is 1.23. The van der Waals surface area contributed by atoms with E-state index in [1.54, 1.807) is 0 Å². The molecule has 2 saturated heterocycles. The predicted molar refractivity (Wildman–Crippen MR) is 64.5 cm³/mol. The third-order valence-corrected chi connectivity index (χ3v) is 4.41. The number of fused-ring (bicyclic) bond motifs is 2. The van der Waals surface area contributed by atoms with Gasteiger partial charge in [0.15, 0.2) is 0 Å². The summed E-state index contributed by atoms with van der Waals surface area (Å²) >= 11 is 0. The molecule has 1 aromatic heterocycles. The number of aromatic nitrogens is 2. The number of rotatable bonds is 1. The standard InChI is InChI=1S/C13H19N3O/c1-9-3-6-12(15-14-9)13(17)7-10-4-5-11(8-13)16(10)2/h3,6,10-11,17H,4-5,7-8H2,1-2H3. The van der Waals surface area contributed by atoms with E-state index in [1.807, 2.05) is 19.1 Å². The Labute approximate surface area is 102 Å². The fourth-order valence-corrected chi connectivity index (χ4v) is 3.30. The molecular weight excluding hydrogens is 214 g/mol. The Morgan fingerprint density at radius 2 is 1.88 bits per heavy atom. The summed E-state index contributed by atoms with van der Waals surface area (Å²) in [5.74, 6) is 0. The lowest BCUT2D eigenvalue weighted by Gasteiger charge is -2.41. The molecule has 2 aliphatic rings.